The van der Waals surface area contributed by atoms with Crippen molar-refractivity contribution >= 4 is 6.08 Å². The standard InChI is InChI=1S/C15H16N2O/c1-2-3-7-18-12-14-6-4-5-13(8-14)9-15(10-16)11-17/h4-6,8-9H,2-3,7,12H2,1H3. The van der Waals surface area contributed by atoms with Crippen LogP contribution in [-0.2, 0) is 11.3 Å². The third kappa shape index (κ3) is 4.82. The minimum atomic E-state index is 0.110. The normalized spacial score (nSPS) is 9.28. The van der Waals surface area contributed by atoms with Crippen molar-refractivity contribution in [2.45, 2.75) is 26.4 Å². The number of hydrogen-bond acceptors (Lipinski definition) is 3. The Balaban J connectivity index is 2.66. The zero-order valence-corrected chi connectivity index (χ0v) is 10.5. The summed E-state index contributed by atoms with van der Waals surface area (Å²) >= 11 is 0. The van der Waals surface area contributed by atoms with E-state index in [1.807, 2.05) is 36.4 Å². The number of allylic oxidation sites excluding steroid dienone is 1. The lowest BCUT2D eigenvalue weighted by Crippen LogP contribution is -1.95. The first-order valence-corrected chi connectivity index (χ1v) is 5.98. The number of nitriles is 2. The van der Waals surface area contributed by atoms with Gasteiger partial charge in [0.2, 0.25) is 0 Å². The molecule has 1 rings (SSSR count). The Morgan fingerprint density at radius 3 is 2.78 bits per heavy atom. The van der Waals surface area contributed by atoms with E-state index in [4.69, 9.17) is 15.3 Å². The average Bonchev–Trinajstić information content (AvgIpc) is 2.41. The SMILES string of the molecule is CCCCOCc1cccc(C=C(C#N)C#N)c1. The molecule has 3 heteroatoms. The van der Waals surface area contributed by atoms with Gasteiger partial charge in [0.25, 0.3) is 0 Å². The lowest BCUT2D eigenvalue weighted by Gasteiger charge is -2.04. The fourth-order valence-electron chi connectivity index (χ4n) is 1.47. The molecule has 0 aliphatic rings. The molecule has 0 aliphatic heterocycles. The van der Waals surface area contributed by atoms with Crippen molar-refractivity contribution < 1.29 is 4.74 Å². The second-order valence-electron chi connectivity index (χ2n) is 3.93. The molecule has 3 nitrogen and oxygen atoms in total. The maximum Gasteiger partial charge on any atom is 0.130 e. The molecule has 0 atom stereocenters. The third-order valence-corrected chi connectivity index (χ3v) is 2.41. The van der Waals surface area contributed by atoms with Gasteiger partial charge in [0.05, 0.1) is 6.61 Å². The van der Waals surface area contributed by atoms with Crippen LogP contribution >= 0.6 is 0 Å². The van der Waals surface area contributed by atoms with Gasteiger partial charge in [-0.25, -0.2) is 0 Å². The Hall–Kier alpha value is -2.10. The van der Waals surface area contributed by atoms with E-state index in [1.165, 1.54) is 0 Å². The van der Waals surface area contributed by atoms with Gasteiger partial charge in [0.15, 0.2) is 0 Å². The van der Waals surface area contributed by atoms with E-state index < -0.39 is 0 Å². The number of ether oxygens (including phenoxy) is 1. The fraction of sp³-hybridized carbons (Fsp3) is 0.333. The van der Waals surface area contributed by atoms with Crippen LogP contribution in [0.25, 0.3) is 6.08 Å². The molecule has 1 aromatic carbocycles. The highest BCUT2D eigenvalue weighted by molar-refractivity contribution is 5.62. The second kappa shape index (κ2) is 8.06. The van der Waals surface area contributed by atoms with Gasteiger partial charge in [-0.05, 0) is 29.7 Å². The van der Waals surface area contributed by atoms with Crippen molar-refractivity contribution in [3.05, 3.63) is 41.0 Å². The van der Waals surface area contributed by atoms with E-state index in [1.54, 1.807) is 6.08 Å². The maximum atomic E-state index is 8.69. The Labute approximate surface area is 108 Å². The van der Waals surface area contributed by atoms with Gasteiger partial charge in [-0.15, -0.1) is 0 Å². The van der Waals surface area contributed by atoms with Gasteiger partial charge < -0.3 is 4.74 Å². The molecule has 18 heavy (non-hydrogen) atoms. The smallest absolute Gasteiger partial charge is 0.130 e. The first-order valence-electron chi connectivity index (χ1n) is 5.98. The molecule has 0 saturated carbocycles. The highest BCUT2D eigenvalue weighted by atomic mass is 16.5. The summed E-state index contributed by atoms with van der Waals surface area (Å²) in [5.41, 5.74) is 2.01. The summed E-state index contributed by atoms with van der Waals surface area (Å²) in [5, 5.41) is 17.4. The molecule has 0 fully saturated rings. The molecule has 0 spiro atoms. The summed E-state index contributed by atoms with van der Waals surface area (Å²) in [6.45, 7) is 3.45. The second-order valence-corrected chi connectivity index (χ2v) is 3.93. The lowest BCUT2D eigenvalue weighted by molar-refractivity contribution is 0.118. The van der Waals surface area contributed by atoms with Gasteiger partial charge in [-0.1, -0.05) is 31.5 Å². The monoisotopic (exact) mass is 240 g/mol. The number of nitrogens with zero attached hydrogens (tertiary/aromatic N) is 2. The Morgan fingerprint density at radius 1 is 1.33 bits per heavy atom. The lowest BCUT2D eigenvalue weighted by atomic mass is 10.1. The van der Waals surface area contributed by atoms with Crippen LogP contribution in [0.3, 0.4) is 0 Å². The van der Waals surface area contributed by atoms with E-state index in [-0.39, 0.29) is 5.57 Å². The van der Waals surface area contributed by atoms with Gasteiger partial charge in [0.1, 0.15) is 17.7 Å². The highest BCUT2D eigenvalue weighted by Gasteiger charge is 1.97. The van der Waals surface area contributed by atoms with Crippen molar-refractivity contribution in [2.75, 3.05) is 6.61 Å². The predicted molar refractivity (Wildman–Crippen MR) is 70.2 cm³/mol. The van der Waals surface area contributed by atoms with E-state index in [2.05, 4.69) is 6.92 Å². The number of hydrogen-bond donors (Lipinski definition) is 0. The minimum Gasteiger partial charge on any atom is -0.377 e. The number of benzene rings is 1. The molecular formula is C15H16N2O. The molecule has 0 saturated heterocycles. The van der Waals surface area contributed by atoms with E-state index in [0.717, 1.165) is 30.6 Å². The Kier molecular flexibility index (Phi) is 6.25. The van der Waals surface area contributed by atoms with Crippen LogP contribution in [0.5, 0.6) is 0 Å². The Morgan fingerprint density at radius 2 is 2.11 bits per heavy atom. The summed E-state index contributed by atoms with van der Waals surface area (Å²) in [6, 6.07) is 11.4. The van der Waals surface area contributed by atoms with Crippen LogP contribution in [0.2, 0.25) is 0 Å². The molecule has 0 N–H and O–H groups in total. The predicted octanol–water partition coefficient (Wildman–Crippen LogP) is 3.43. The fourth-order valence-corrected chi connectivity index (χ4v) is 1.47. The van der Waals surface area contributed by atoms with Crippen molar-refractivity contribution in [3.8, 4) is 12.1 Å². The van der Waals surface area contributed by atoms with Gasteiger partial charge in [-0.2, -0.15) is 10.5 Å². The van der Waals surface area contributed by atoms with Crippen LogP contribution in [0, 0.1) is 22.7 Å². The largest absolute Gasteiger partial charge is 0.377 e. The van der Waals surface area contributed by atoms with Crippen molar-refractivity contribution in [2.24, 2.45) is 0 Å². The van der Waals surface area contributed by atoms with Crippen LogP contribution in [0.1, 0.15) is 30.9 Å². The zero-order valence-electron chi connectivity index (χ0n) is 10.5. The summed E-state index contributed by atoms with van der Waals surface area (Å²) in [6.07, 6.45) is 3.76. The zero-order chi connectivity index (χ0) is 13.2. The third-order valence-electron chi connectivity index (χ3n) is 2.41. The molecule has 0 aliphatic carbocycles. The summed E-state index contributed by atoms with van der Waals surface area (Å²) in [7, 11) is 0. The molecule has 92 valence electrons. The van der Waals surface area contributed by atoms with E-state index >= 15 is 0 Å². The van der Waals surface area contributed by atoms with Crippen molar-refractivity contribution in [1.82, 2.24) is 0 Å². The quantitative estimate of drug-likeness (QED) is 0.565. The van der Waals surface area contributed by atoms with Crippen LogP contribution in [0.15, 0.2) is 29.8 Å². The van der Waals surface area contributed by atoms with E-state index in [0.29, 0.717) is 6.61 Å². The molecule has 0 aromatic heterocycles. The average molecular weight is 240 g/mol. The summed E-state index contributed by atoms with van der Waals surface area (Å²) in [5.74, 6) is 0. The van der Waals surface area contributed by atoms with Crippen LogP contribution < -0.4 is 0 Å². The molecule has 0 amide bonds. The molecule has 0 heterocycles. The molecule has 0 unspecified atom stereocenters. The van der Waals surface area contributed by atoms with Gasteiger partial charge >= 0.3 is 0 Å². The highest BCUT2D eigenvalue weighted by Crippen LogP contribution is 2.10. The topological polar surface area (TPSA) is 56.8 Å². The van der Waals surface area contributed by atoms with E-state index in [9.17, 15) is 0 Å². The molecule has 0 radical (unpaired) electrons. The summed E-state index contributed by atoms with van der Waals surface area (Å²) < 4.78 is 5.52. The number of unbranched alkanes of at least 4 members (excludes halogenated alkanes) is 1. The van der Waals surface area contributed by atoms with Crippen LogP contribution in [0.4, 0.5) is 0 Å². The first-order chi connectivity index (χ1) is 8.80. The Bertz CT molecular complexity index is 476. The molecular weight excluding hydrogens is 224 g/mol. The van der Waals surface area contributed by atoms with Crippen molar-refractivity contribution in [1.29, 1.82) is 10.5 Å². The van der Waals surface area contributed by atoms with Crippen LogP contribution in [-0.4, -0.2) is 6.61 Å². The number of rotatable bonds is 6. The minimum absolute atomic E-state index is 0.110. The molecule has 0 bridgehead atoms. The maximum absolute atomic E-state index is 8.69. The van der Waals surface area contributed by atoms with Gasteiger partial charge in [-0.3, -0.25) is 0 Å². The summed E-state index contributed by atoms with van der Waals surface area (Å²) in [4.78, 5) is 0. The molecule has 1 aromatic rings. The first kappa shape index (κ1) is 14.0. The van der Waals surface area contributed by atoms with Crippen molar-refractivity contribution in [3.63, 3.8) is 0 Å². The van der Waals surface area contributed by atoms with Gasteiger partial charge in [0, 0.05) is 6.61 Å².